The van der Waals surface area contributed by atoms with Crippen molar-refractivity contribution < 1.29 is 13.9 Å². The van der Waals surface area contributed by atoms with Crippen LogP contribution in [0, 0.1) is 11.7 Å². The van der Waals surface area contributed by atoms with Gasteiger partial charge < -0.3 is 9.64 Å². The van der Waals surface area contributed by atoms with Gasteiger partial charge in [0.2, 0.25) is 5.91 Å². The number of amides is 1. The smallest absolute Gasteiger partial charge is 0.227 e. The SMILES string of the molecule is C[C@@H]1CN(CC2CCN(C(=O)Cc3ccccc3F)CC2)C[C@@H](C)O1. The van der Waals surface area contributed by atoms with Crippen LogP contribution in [0.25, 0.3) is 0 Å². The van der Waals surface area contributed by atoms with E-state index in [1.54, 1.807) is 18.2 Å². The van der Waals surface area contributed by atoms with Gasteiger partial charge in [-0.2, -0.15) is 0 Å². The minimum Gasteiger partial charge on any atom is -0.373 e. The number of benzene rings is 1. The van der Waals surface area contributed by atoms with E-state index in [-0.39, 0.29) is 18.1 Å². The number of rotatable bonds is 4. The molecule has 1 aromatic carbocycles. The lowest BCUT2D eigenvalue weighted by molar-refractivity contribution is -0.132. The quantitative estimate of drug-likeness (QED) is 0.839. The lowest BCUT2D eigenvalue weighted by Gasteiger charge is -2.39. The molecule has 2 fully saturated rings. The Hall–Kier alpha value is -1.46. The maximum Gasteiger partial charge on any atom is 0.227 e. The molecule has 2 atom stereocenters. The molecule has 1 amide bonds. The second-order valence-corrected chi connectivity index (χ2v) is 7.57. The first-order chi connectivity index (χ1) is 12.0. The minimum absolute atomic E-state index is 0.0390. The molecule has 1 aromatic rings. The highest BCUT2D eigenvalue weighted by Gasteiger charge is 2.28. The first kappa shape index (κ1) is 18.3. The van der Waals surface area contributed by atoms with Crippen LogP contribution < -0.4 is 0 Å². The van der Waals surface area contributed by atoms with Crippen molar-refractivity contribution in [3.8, 4) is 0 Å². The number of carbonyl (C=O) groups is 1. The zero-order valence-electron chi connectivity index (χ0n) is 15.3. The van der Waals surface area contributed by atoms with Crippen molar-refractivity contribution in [2.24, 2.45) is 5.92 Å². The first-order valence-corrected chi connectivity index (χ1v) is 9.40. The van der Waals surface area contributed by atoms with Crippen LogP contribution in [0.1, 0.15) is 32.3 Å². The van der Waals surface area contributed by atoms with Crippen molar-refractivity contribution in [3.63, 3.8) is 0 Å². The molecular weight excluding hydrogens is 319 g/mol. The summed E-state index contributed by atoms with van der Waals surface area (Å²) in [4.78, 5) is 16.8. The van der Waals surface area contributed by atoms with Crippen LogP contribution in [-0.4, -0.2) is 60.6 Å². The monoisotopic (exact) mass is 348 g/mol. The molecule has 3 rings (SSSR count). The van der Waals surface area contributed by atoms with Gasteiger partial charge in [0.15, 0.2) is 0 Å². The van der Waals surface area contributed by atoms with E-state index in [2.05, 4.69) is 18.7 Å². The maximum absolute atomic E-state index is 13.7. The summed E-state index contributed by atoms with van der Waals surface area (Å²) in [5.41, 5.74) is 0.492. The highest BCUT2D eigenvalue weighted by molar-refractivity contribution is 5.78. The molecular formula is C20H29FN2O2. The van der Waals surface area contributed by atoms with Gasteiger partial charge in [-0.3, -0.25) is 9.69 Å². The number of ether oxygens (including phenoxy) is 1. The van der Waals surface area contributed by atoms with Crippen LogP contribution in [0.5, 0.6) is 0 Å². The minimum atomic E-state index is -0.290. The average Bonchev–Trinajstić information content (AvgIpc) is 2.56. The van der Waals surface area contributed by atoms with Gasteiger partial charge in [-0.15, -0.1) is 0 Å². The zero-order valence-corrected chi connectivity index (χ0v) is 15.3. The van der Waals surface area contributed by atoms with E-state index in [1.807, 2.05) is 4.90 Å². The van der Waals surface area contributed by atoms with E-state index < -0.39 is 0 Å². The van der Waals surface area contributed by atoms with Crippen molar-refractivity contribution >= 4 is 5.91 Å². The Morgan fingerprint density at radius 3 is 2.44 bits per heavy atom. The molecule has 0 bridgehead atoms. The normalized spacial score (nSPS) is 26.0. The molecule has 2 saturated heterocycles. The van der Waals surface area contributed by atoms with Gasteiger partial charge in [-0.25, -0.2) is 4.39 Å². The number of carbonyl (C=O) groups excluding carboxylic acids is 1. The van der Waals surface area contributed by atoms with E-state index in [1.165, 1.54) is 6.07 Å². The van der Waals surface area contributed by atoms with E-state index in [9.17, 15) is 9.18 Å². The predicted octanol–water partition coefficient (Wildman–Crippen LogP) is 2.72. The average molecular weight is 348 g/mol. The summed E-state index contributed by atoms with van der Waals surface area (Å²) >= 11 is 0. The van der Waals surface area contributed by atoms with Gasteiger partial charge in [0, 0.05) is 32.7 Å². The molecule has 0 radical (unpaired) electrons. The molecule has 5 heteroatoms. The van der Waals surface area contributed by atoms with Crippen LogP contribution in [-0.2, 0) is 16.0 Å². The fourth-order valence-corrected chi connectivity index (χ4v) is 4.08. The van der Waals surface area contributed by atoms with Crippen molar-refractivity contribution in [1.29, 1.82) is 0 Å². The number of piperidine rings is 1. The van der Waals surface area contributed by atoms with Crippen LogP contribution in [0.15, 0.2) is 24.3 Å². The summed E-state index contributed by atoms with van der Waals surface area (Å²) in [6.45, 7) is 8.92. The van der Waals surface area contributed by atoms with E-state index >= 15 is 0 Å². The Morgan fingerprint density at radius 1 is 1.16 bits per heavy atom. The fraction of sp³-hybridized carbons (Fsp3) is 0.650. The third-order valence-electron chi connectivity index (χ3n) is 5.28. The molecule has 0 aliphatic carbocycles. The van der Waals surface area contributed by atoms with Crippen molar-refractivity contribution in [2.75, 3.05) is 32.7 Å². The molecule has 0 spiro atoms. The highest BCUT2D eigenvalue weighted by atomic mass is 19.1. The molecule has 0 aromatic heterocycles. The molecule has 138 valence electrons. The summed E-state index contributed by atoms with van der Waals surface area (Å²) in [5, 5.41) is 0. The maximum atomic E-state index is 13.7. The summed E-state index contributed by atoms with van der Waals surface area (Å²) in [5.74, 6) is 0.383. The topological polar surface area (TPSA) is 32.8 Å². The summed E-state index contributed by atoms with van der Waals surface area (Å²) in [6, 6.07) is 6.55. The molecule has 0 N–H and O–H groups in total. The van der Waals surface area contributed by atoms with Crippen molar-refractivity contribution in [3.05, 3.63) is 35.6 Å². The summed E-state index contributed by atoms with van der Waals surface area (Å²) in [6.07, 6.45) is 2.82. The van der Waals surface area contributed by atoms with Crippen LogP contribution >= 0.6 is 0 Å². The van der Waals surface area contributed by atoms with Gasteiger partial charge in [0.05, 0.1) is 18.6 Å². The number of likely N-dealkylation sites (tertiary alicyclic amines) is 1. The Bertz CT molecular complexity index is 577. The van der Waals surface area contributed by atoms with Gasteiger partial charge in [0.1, 0.15) is 5.82 Å². The number of morpholine rings is 1. The number of nitrogens with zero attached hydrogens (tertiary/aromatic N) is 2. The van der Waals surface area contributed by atoms with Crippen LogP contribution in [0.2, 0.25) is 0 Å². The number of halogens is 1. The molecule has 0 saturated carbocycles. The number of hydrogen-bond donors (Lipinski definition) is 0. The standard InChI is InChI=1S/C20H29FN2O2/c1-15-12-22(13-16(2)25-15)14-17-7-9-23(10-8-17)20(24)11-18-5-3-4-6-19(18)21/h3-6,15-17H,7-14H2,1-2H3/t15-,16-/m1/s1. The first-order valence-electron chi connectivity index (χ1n) is 9.40. The van der Waals surface area contributed by atoms with Crippen LogP contribution in [0.3, 0.4) is 0 Å². The van der Waals surface area contributed by atoms with Gasteiger partial charge in [-0.1, -0.05) is 18.2 Å². The summed E-state index contributed by atoms with van der Waals surface area (Å²) in [7, 11) is 0. The van der Waals surface area contributed by atoms with Gasteiger partial charge in [0.25, 0.3) is 0 Å². The molecule has 25 heavy (non-hydrogen) atoms. The molecule has 4 nitrogen and oxygen atoms in total. The lowest BCUT2D eigenvalue weighted by Crippen LogP contribution is -2.48. The molecule has 2 heterocycles. The van der Waals surface area contributed by atoms with E-state index in [0.717, 1.165) is 45.6 Å². The predicted molar refractivity (Wildman–Crippen MR) is 95.9 cm³/mol. The Morgan fingerprint density at radius 2 is 1.80 bits per heavy atom. The third-order valence-corrected chi connectivity index (χ3v) is 5.28. The van der Waals surface area contributed by atoms with Crippen LogP contribution in [0.4, 0.5) is 4.39 Å². The Kier molecular flexibility index (Phi) is 6.07. The second kappa shape index (κ2) is 8.28. The van der Waals surface area contributed by atoms with E-state index in [4.69, 9.17) is 4.74 Å². The van der Waals surface area contributed by atoms with Gasteiger partial charge in [-0.05, 0) is 44.2 Å². The van der Waals surface area contributed by atoms with Crippen molar-refractivity contribution in [1.82, 2.24) is 9.80 Å². The van der Waals surface area contributed by atoms with Gasteiger partial charge >= 0.3 is 0 Å². The van der Waals surface area contributed by atoms with E-state index in [0.29, 0.717) is 23.7 Å². The lowest BCUT2D eigenvalue weighted by atomic mass is 9.95. The third kappa shape index (κ3) is 5.02. The molecule has 0 unspecified atom stereocenters. The highest BCUT2D eigenvalue weighted by Crippen LogP contribution is 2.21. The summed E-state index contributed by atoms with van der Waals surface area (Å²) < 4.78 is 19.5. The zero-order chi connectivity index (χ0) is 17.8. The Balaban J connectivity index is 1.45. The Labute approximate surface area is 149 Å². The fourth-order valence-electron chi connectivity index (χ4n) is 4.08. The second-order valence-electron chi connectivity index (χ2n) is 7.57. The largest absolute Gasteiger partial charge is 0.373 e. The molecule has 2 aliphatic heterocycles. The van der Waals surface area contributed by atoms with Crippen molar-refractivity contribution in [2.45, 2.75) is 45.3 Å². The molecule has 2 aliphatic rings. The number of hydrogen-bond acceptors (Lipinski definition) is 3.